The van der Waals surface area contributed by atoms with Crippen LogP contribution in [0.1, 0.15) is 28.8 Å². The second kappa shape index (κ2) is 10.0. The fraction of sp³-hybridized carbons (Fsp3) is 0.391. The minimum Gasteiger partial charge on any atom is -0.493 e. The number of nitrogens with zero attached hydrogens (tertiary/aromatic N) is 1. The minimum atomic E-state index is -4.43. The molecule has 0 atom stereocenters. The van der Waals surface area contributed by atoms with Crippen LogP contribution in [0.4, 0.5) is 18.9 Å². The molecule has 2 amide bonds. The summed E-state index contributed by atoms with van der Waals surface area (Å²) in [5.74, 6) is 0.258. The van der Waals surface area contributed by atoms with Crippen LogP contribution in [0.25, 0.3) is 0 Å². The van der Waals surface area contributed by atoms with Gasteiger partial charge in [0.05, 0.1) is 26.9 Å². The van der Waals surface area contributed by atoms with Crippen LogP contribution in [0.15, 0.2) is 36.4 Å². The van der Waals surface area contributed by atoms with Crippen molar-refractivity contribution in [2.45, 2.75) is 19.0 Å². The van der Waals surface area contributed by atoms with Gasteiger partial charge >= 0.3 is 6.18 Å². The van der Waals surface area contributed by atoms with Crippen molar-refractivity contribution in [3.8, 4) is 17.2 Å². The van der Waals surface area contributed by atoms with E-state index in [9.17, 15) is 22.8 Å². The summed E-state index contributed by atoms with van der Waals surface area (Å²) in [5.41, 5.74) is -0.111. The lowest BCUT2D eigenvalue weighted by molar-refractivity contribution is -0.137. The maximum Gasteiger partial charge on any atom is 0.416 e. The second-order valence-electron chi connectivity index (χ2n) is 7.54. The summed E-state index contributed by atoms with van der Waals surface area (Å²) in [6.45, 7) is 0.723. The van der Waals surface area contributed by atoms with Crippen molar-refractivity contribution < 1.29 is 37.0 Å². The van der Waals surface area contributed by atoms with Gasteiger partial charge in [-0.1, -0.05) is 0 Å². The Kier molecular flexibility index (Phi) is 7.35. The highest BCUT2D eigenvalue weighted by molar-refractivity contribution is 5.96. The number of carbonyl (C=O) groups excluding carboxylic acids is 2. The largest absolute Gasteiger partial charge is 0.493 e. The van der Waals surface area contributed by atoms with Gasteiger partial charge in [-0.05, 0) is 49.2 Å². The predicted octanol–water partition coefficient (Wildman–Crippen LogP) is 4.22. The van der Waals surface area contributed by atoms with Crippen molar-refractivity contribution in [1.82, 2.24) is 4.90 Å². The van der Waals surface area contributed by atoms with Gasteiger partial charge in [0.25, 0.3) is 5.91 Å². The molecule has 0 unspecified atom stereocenters. The summed E-state index contributed by atoms with van der Waals surface area (Å²) in [6.07, 6.45) is -3.56. The Hall–Kier alpha value is -3.43. The van der Waals surface area contributed by atoms with Crippen LogP contribution in [-0.2, 0) is 11.0 Å². The van der Waals surface area contributed by atoms with E-state index >= 15 is 0 Å². The monoisotopic (exact) mass is 466 g/mol. The number of benzene rings is 2. The number of hydrogen-bond acceptors (Lipinski definition) is 5. The molecule has 0 saturated carbocycles. The molecule has 0 spiro atoms. The number of methoxy groups -OCH3 is 3. The number of piperidine rings is 1. The first-order chi connectivity index (χ1) is 15.7. The SMILES string of the molecule is COc1cc(C(=O)N2CCC(C(=O)Nc3ccc(C(F)(F)F)cc3)CC2)cc(OC)c1OC. The Balaban J connectivity index is 1.61. The Morgan fingerprint density at radius 1 is 0.939 bits per heavy atom. The molecular formula is C23H25F3N2O5. The number of nitrogens with one attached hydrogen (secondary N) is 1. The molecule has 33 heavy (non-hydrogen) atoms. The van der Waals surface area contributed by atoms with E-state index in [4.69, 9.17) is 14.2 Å². The summed E-state index contributed by atoms with van der Waals surface area (Å²) >= 11 is 0. The molecule has 1 heterocycles. The molecule has 1 fully saturated rings. The van der Waals surface area contributed by atoms with Gasteiger partial charge < -0.3 is 24.4 Å². The summed E-state index contributed by atoms with van der Waals surface area (Å²) in [4.78, 5) is 27.2. The van der Waals surface area contributed by atoms with Crippen LogP contribution in [0.3, 0.4) is 0 Å². The number of rotatable bonds is 6. The summed E-state index contributed by atoms with van der Waals surface area (Å²) < 4.78 is 53.9. The van der Waals surface area contributed by atoms with Gasteiger partial charge in [-0.15, -0.1) is 0 Å². The van der Waals surface area contributed by atoms with E-state index < -0.39 is 11.7 Å². The van der Waals surface area contributed by atoms with Crippen molar-refractivity contribution in [3.63, 3.8) is 0 Å². The van der Waals surface area contributed by atoms with Gasteiger partial charge in [0.1, 0.15) is 0 Å². The lowest BCUT2D eigenvalue weighted by atomic mass is 9.95. The fourth-order valence-corrected chi connectivity index (χ4v) is 3.72. The van der Waals surface area contributed by atoms with Gasteiger partial charge in [-0.2, -0.15) is 13.2 Å². The zero-order chi connectivity index (χ0) is 24.2. The zero-order valence-electron chi connectivity index (χ0n) is 18.5. The maximum atomic E-state index is 13.0. The lowest BCUT2D eigenvalue weighted by Crippen LogP contribution is -2.41. The molecule has 0 bridgehead atoms. The first kappa shape index (κ1) is 24.2. The number of amides is 2. The number of anilines is 1. The molecule has 1 aliphatic rings. The van der Waals surface area contributed by atoms with Gasteiger partial charge in [-0.25, -0.2) is 0 Å². The number of alkyl halides is 3. The molecule has 178 valence electrons. The standard InChI is InChI=1S/C23H25F3N2O5/c1-31-18-12-15(13-19(32-2)20(18)33-3)22(30)28-10-8-14(9-11-28)21(29)27-17-6-4-16(5-7-17)23(24,25)26/h4-7,12-14H,8-11H2,1-3H3,(H,27,29). The maximum absolute atomic E-state index is 13.0. The number of carbonyl (C=O) groups is 2. The van der Waals surface area contributed by atoms with E-state index in [1.807, 2.05) is 0 Å². The van der Waals surface area contributed by atoms with Crippen molar-refractivity contribution in [3.05, 3.63) is 47.5 Å². The zero-order valence-corrected chi connectivity index (χ0v) is 18.5. The topological polar surface area (TPSA) is 77.1 Å². The van der Waals surface area contributed by atoms with Gasteiger partial charge in [0, 0.05) is 30.3 Å². The van der Waals surface area contributed by atoms with Gasteiger partial charge in [0.15, 0.2) is 11.5 Å². The van der Waals surface area contributed by atoms with E-state index in [0.29, 0.717) is 54.4 Å². The van der Waals surface area contributed by atoms with Crippen LogP contribution in [0, 0.1) is 5.92 Å². The molecule has 10 heteroatoms. The third-order valence-electron chi connectivity index (χ3n) is 5.54. The Morgan fingerprint density at radius 3 is 1.94 bits per heavy atom. The molecule has 1 aliphatic heterocycles. The Bertz CT molecular complexity index is 975. The second-order valence-corrected chi connectivity index (χ2v) is 7.54. The summed E-state index contributed by atoms with van der Waals surface area (Å²) in [5, 5.41) is 2.65. The predicted molar refractivity (Wildman–Crippen MR) is 115 cm³/mol. The molecule has 2 aromatic rings. The first-order valence-electron chi connectivity index (χ1n) is 10.2. The highest BCUT2D eigenvalue weighted by atomic mass is 19.4. The third-order valence-corrected chi connectivity index (χ3v) is 5.54. The number of likely N-dealkylation sites (tertiary alicyclic amines) is 1. The number of hydrogen-bond donors (Lipinski definition) is 1. The van der Waals surface area contributed by atoms with E-state index in [1.54, 1.807) is 17.0 Å². The average Bonchev–Trinajstić information content (AvgIpc) is 2.82. The average molecular weight is 466 g/mol. The highest BCUT2D eigenvalue weighted by Crippen LogP contribution is 2.38. The molecule has 0 radical (unpaired) electrons. The van der Waals surface area contributed by atoms with Crippen LogP contribution in [0.5, 0.6) is 17.2 Å². The number of halogens is 3. The molecule has 1 saturated heterocycles. The van der Waals surface area contributed by atoms with Crippen LogP contribution in [0.2, 0.25) is 0 Å². The molecule has 1 N–H and O–H groups in total. The smallest absolute Gasteiger partial charge is 0.416 e. The third kappa shape index (κ3) is 5.50. The normalized spacial score (nSPS) is 14.5. The van der Waals surface area contributed by atoms with E-state index in [0.717, 1.165) is 12.1 Å². The van der Waals surface area contributed by atoms with Crippen LogP contribution >= 0.6 is 0 Å². The fourth-order valence-electron chi connectivity index (χ4n) is 3.72. The van der Waals surface area contributed by atoms with E-state index in [-0.39, 0.29) is 17.7 Å². The molecule has 0 aliphatic carbocycles. The van der Waals surface area contributed by atoms with Crippen molar-refractivity contribution in [2.24, 2.45) is 5.92 Å². The molecule has 7 nitrogen and oxygen atoms in total. The minimum absolute atomic E-state index is 0.226. The van der Waals surface area contributed by atoms with Gasteiger partial charge in [0.2, 0.25) is 11.7 Å². The first-order valence-corrected chi connectivity index (χ1v) is 10.2. The van der Waals surface area contributed by atoms with Crippen LogP contribution in [-0.4, -0.2) is 51.1 Å². The molecule has 3 rings (SSSR count). The van der Waals surface area contributed by atoms with Crippen molar-refractivity contribution in [2.75, 3.05) is 39.7 Å². The number of ether oxygens (including phenoxy) is 3. The molecule has 2 aromatic carbocycles. The summed E-state index contributed by atoms with van der Waals surface area (Å²) in [7, 11) is 4.40. The molecular weight excluding hydrogens is 441 g/mol. The van der Waals surface area contributed by atoms with Crippen molar-refractivity contribution in [1.29, 1.82) is 0 Å². The van der Waals surface area contributed by atoms with Crippen molar-refractivity contribution >= 4 is 17.5 Å². The van der Waals surface area contributed by atoms with Crippen LogP contribution < -0.4 is 19.5 Å². The van der Waals surface area contributed by atoms with E-state index in [1.165, 1.54) is 33.5 Å². The van der Waals surface area contributed by atoms with E-state index in [2.05, 4.69) is 5.32 Å². The highest BCUT2D eigenvalue weighted by Gasteiger charge is 2.31. The Morgan fingerprint density at radius 2 is 1.48 bits per heavy atom. The Labute approximate surface area is 189 Å². The van der Waals surface area contributed by atoms with Gasteiger partial charge in [-0.3, -0.25) is 9.59 Å². The lowest BCUT2D eigenvalue weighted by Gasteiger charge is -2.31. The molecule has 0 aromatic heterocycles. The summed E-state index contributed by atoms with van der Waals surface area (Å²) in [6, 6.07) is 7.45. The quantitative estimate of drug-likeness (QED) is 0.690.